The van der Waals surface area contributed by atoms with E-state index in [4.69, 9.17) is 5.73 Å². The Kier molecular flexibility index (Phi) is 4.99. The fourth-order valence-corrected chi connectivity index (χ4v) is 1.51. The predicted molar refractivity (Wildman–Crippen MR) is 65.8 cm³/mol. The minimum atomic E-state index is -0.323. The van der Waals surface area contributed by atoms with Crippen LogP contribution in [0.1, 0.15) is 18.9 Å². The number of rotatable bonds is 6. The molecule has 0 saturated heterocycles. The minimum absolute atomic E-state index is 0.323. The molecule has 0 fully saturated rings. The molecule has 0 aliphatic heterocycles. The predicted octanol–water partition coefficient (Wildman–Crippen LogP) is 1.44. The summed E-state index contributed by atoms with van der Waals surface area (Å²) in [6.07, 6.45) is 0.698. The van der Waals surface area contributed by atoms with Crippen molar-refractivity contribution in [1.29, 1.82) is 0 Å². The lowest BCUT2D eigenvalue weighted by atomic mass is 9.95. The summed E-state index contributed by atoms with van der Waals surface area (Å²) >= 11 is 0. The van der Waals surface area contributed by atoms with Crippen molar-refractivity contribution in [3.8, 4) is 0 Å². The maximum atomic E-state index is 11.4. The Morgan fingerprint density at radius 2 is 1.94 bits per heavy atom. The van der Waals surface area contributed by atoms with Crippen molar-refractivity contribution in [2.75, 3.05) is 20.1 Å². The highest BCUT2D eigenvalue weighted by Crippen LogP contribution is 2.17. The lowest BCUT2D eigenvalue weighted by molar-refractivity contribution is -0.116. The van der Waals surface area contributed by atoms with Crippen molar-refractivity contribution in [2.45, 2.75) is 13.3 Å². The van der Waals surface area contributed by atoms with Crippen LogP contribution in [0.25, 0.3) is 0 Å². The first kappa shape index (κ1) is 12.7. The third-order valence-electron chi connectivity index (χ3n) is 2.70. The van der Waals surface area contributed by atoms with Crippen molar-refractivity contribution >= 4 is 5.91 Å². The number of hydrogen-bond donors (Lipinski definition) is 1. The van der Waals surface area contributed by atoms with Gasteiger partial charge in [0.25, 0.3) is 0 Å². The third-order valence-corrected chi connectivity index (χ3v) is 2.70. The summed E-state index contributed by atoms with van der Waals surface area (Å²) in [4.78, 5) is 13.5. The zero-order chi connectivity index (χ0) is 12.0. The molecule has 1 amide bonds. The van der Waals surface area contributed by atoms with E-state index in [2.05, 4.69) is 11.8 Å². The number of carbonyl (C=O) groups is 1. The highest BCUT2D eigenvalue weighted by atomic mass is 16.1. The van der Waals surface area contributed by atoms with Crippen molar-refractivity contribution < 1.29 is 4.79 Å². The lowest BCUT2D eigenvalue weighted by Gasteiger charge is -2.18. The van der Waals surface area contributed by atoms with Crippen LogP contribution in [-0.4, -0.2) is 30.9 Å². The molecule has 3 nitrogen and oxygen atoms in total. The van der Waals surface area contributed by atoms with Crippen LogP contribution in [0.4, 0.5) is 0 Å². The summed E-state index contributed by atoms with van der Waals surface area (Å²) < 4.78 is 0. The van der Waals surface area contributed by atoms with E-state index < -0.39 is 0 Å². The van der Waals surface area contributed by atoms with E-state index >= 15 is 0 Å². The molecule has 87 valence electrons. The molecule has 16 heavy (non-hydrogen) atoms. The van der Waals surface area contributed by atoms with Crippen molar-refractivity contribution in [1.82, 2.24) is 4.90 Å². The van der Waals surface area contributed by atoms with Gasteiger partial charge in [0.15, 0.2) is 0 Å². The van der Waals surface area contributed by atoms with Gasteiger partial charge in [0, 0.05) is 0 Å². The molecule has 0 aromatic heterocycles. The summed E-state index contributed by atoms with van der Waals surface area (Å²) in [5.74, 6) is 0.386. The van der Waals surface area contributed by atoms with Gasteiger partial charge in [-0.2, -0.15) is 0 Å². The van der Waals surface area contributed by atoms with Gasteiger partial charge in [0.05, 0.1) is 5.92 Å². The first-order valence-corrected chi connectivity index (χ1v) is 5.54. The molecule has 3 heteroatoms. The van der Waals surface area contributed by atoms with Crippen LogP contribution >= 0.6 is 0 Å². The fraction of sp³-hybridized carbons (Fsp3) is 0.385. The number of primary amides is 1. The van der Waals surface area contributed by atoms with Crippen LogP contribution in [0.3, 0.4) is 0 Å². The Morgan fingerprint density at radius 1 is 1.31 bits per heavy atom. The Hall–Kier alpha value is -1.35. The first-order valence-electron chi connectivity index (χ1n) is 5.54. The first-order chi connectivity index (χ1) is 7.65. The second kappa shape index (κ2) is 6.28. The highest BCUT2D eigenvalue weighted by molar-refractivity contribution is 5.92. The Bertz CT molecular complexity index is 324. The number of benzene rings is 1. The van der Waals surface area contributed by atoms with Crippen LogP contribution < -0.4 is 5.73 Å². The number of carbonyl (C=O) groups excluding carboxylic acids is 1. The SMILES string of the molecule is CCN(C)CC[C](C(N)=O)c1ccccc1. The minimum Gasteiger partial charge on any atom is -0.369 e. The van der Waals surface area contributed by atoms with Crippen LogP contribution in [0.15, 0.2) is 30.3 Å². The highest BCUT2D eigenvalue weighted by Gasteiger charge is 2.18. The zero-order valence-corrected chi connectivity index (χ0v) is 9.94. The van der Waals surface area contributed by atoms with Crippen LogP contribution in [-0.2, 0) is 4.79 Å². The topological polar surface area (TPSA) is 46.3 Å². The summed E-state index contributed by atoms with van der Waals surface area (Å²) in [5, 5.41) is 0. The summed E-state index contributed by atoms with van der Waals surface area (Å²) in [6.45, 7) is 3.91. The smallest absolute Gasteiger partial charge is 0.229 e. The number of hydrogen-bond acceptors (Lipinski definition) is 2. The Morgan fingerprint density at radius 3 is 2.44 bits per heavy atom. The van der Waals surface area contributed by atoms with E-state index in [0.29, 0.717) is 12.3 Å². The van der Waals surface area contributed by atoms with Crippen LogP contribution in [0, 0.1) is 5.92 Å². The zero-order valence-electron chi connectivity index (χ0n) is 9.94. The molecule has 0 saturated carbocycles. The molecule has 0 bridgehead atoms. The van der Waals surface area contributed by atoms with E-state index in [-0.39, 0.29) is 5.91 Å². The third kappa shape index (κ3) is 3.66. The molecule has 0 aliphatic rings. The number of nitrogens with zero attached hydrogens (tertiary/aromatic N) is 1. The maximum Gasteiger partial charge on any atom is 0.229 e. The molecular weight excluding hydrogens is 200 g/mol. The van der Waals surface area contributed by atoms with Gasteiger partial charge in [-0.1, -0.05) is 37.3 Å². The lowest BCUT2D eigenvalue weighted by Crippen LogP contribution is -2.27. The summed E-state index contributed by atoms with van der Waals surface area (Å²) in [6, 6.07) is 9.61. The molecule has 0 heterocycles. The van der Waals surface area contributed by atoms with Gasteiger partial charge in [0.2, 0.25) is 5.91 Å². The van der Waals surface area contributed by atoms with E-state index in [9.17, 15) is 4.79 Å². The van der Waals surface area contributed by atoms with Crippen LogP contribution in [0.2, 0.25) is 0 Å². The monoisotopic (exact) mass is 219 g/mol. The van der Waals surface area contributed by atoms with Gasteiger partial charge >= 0.3 is 0 Å². The molecule has 1 rings (SSSR count). The average molecular weight is 219 g/mol. The number of nitrogens with two attached hydrogens (primary N) is 1. The molecule has 1 radical (unpaired) electrons. The van der Waals surface area contributed by atoms with Gasteiger partial charge in [-0.05, 0) is 32.1 Å². The maximum absolute atomic E-state index is 11.4. The van der Waals surface area contributed by atoms with Gasteiger partial charge in [-0.15, -0.1) is 0 Å². The summed E-state index contributed by atoms with van der Waals surface area (Å²) in [5.41, 5.74) is 6.33. The van der Waals surface area contributed by atoms with Crippen LogP contribution in [0.5, 0.6) is 0 Å². The molecule has 0 aliphatic carbocycles. The Balaban J connectivity index is 2.66. The van der Waals surface area contributed by atoms with Crippen molar-refractivity contribution in [3.05, 3.63) is 41.8 Å². The van der Waals surface area contributed by atoms with Gasteiger partial charge in [-0.3, -0.25) is 4.79 Å². The van der Waals surface area contributed by atoms with Gasteiger partial charge < -0.3 is 10.6 Å². The second-order valence-electron chi connectivity index (χ2n) is 3.85. The largest absolute Gasteiger partial charge is 0.369 e. The van der Waals surface area contributed by atoms with E-state index in [1.807, 2.05) is 37.4 Å². The van der Waals surface area contributed by atoms with Gasteiger partial charge in [0.1, 0.15) is 0 Å². The fourth-order valence-electron chi connectivity index (χ4n) is 1.51. The molecule has 1 aromatic rings. The molecular formula is C13H19N2O. The van der Waals surface area contributed by atoms with E-state index in [1.54, 1.807) is 0 Å². The molecule has 1 aromatic carbocycles. The van der Waals surface area contributed by atoms with E-state index in [0.717, 1.165) is 18.7 Å². The molecule has 0 atom stereocenters. The standard InChI is InChI=1S/C13H19N2O/c1-3-15(2)10-9-12(13(14)16)11-7-5-4-6-8-11/h4-8H,3,9-10H2,1-2H3,(H2,14,16). The van der Waals surface area contributed by atoms with Crippen molar-refractivity contribution in [2.24, 2.45) is 5.73 Å². The molecule has 0 spiro atoms. The van der Waals surface area contributed by atoms with Gasteiger partial charge in [-0.25, -0.2) is 0 Å². The average Bonchev–Trinajstić information content (AvgIpc) is 2.30. The van der Waals surface area contributed by atoms with Crippen molar-refractivity contribution in [3.63, 3.8) is 0 Å². The summed E-state index contributed by atoms with van der Waals surface area (Å²) in [7, 11) is 2.03. The molecule has 2 N–H and O–H groups in total. The quantitative estimate of drug-likeness (QED) is 0.787. The molecule has 0 unspecified atom stereocenters. The van der Waals surface area contributed by atoms with E-state index in [1.165, 1.54) is 0 Å². The normalized spacial score (nSPS) is 11.0. The second-order valence-corrected chi connectivity index (χ2v) is 3.85. The number of amides is 1. The Labute approximate surface area is 97.2 Å².